The molecule has 0 radical (unpaired) electrons. The van der Waals surface area contributed by atoms with Gasteiger partial charge >= 0.3 is 6.09 Å². The fourth-order valence-corrected chi connectivity index (χ4v) is 7.05. The number of likely N-dealkylation sites (N-methyl/N-ethyl adjacent to an activating group) is 1. The average Bonchev–Trinajstić information content (AvgIpc) is 2.98. The Balaban J connectivity index is 1.35. The standard InChI is InChI=1S/C32H38ClN3O6/c1-34-14-11-22(26(39)19-34)29-24(37)18-28(30-25(38)17-27(41-31(29)30)21-7-3-4-8-23(21)33)42-32(40)36-15-9-20(10-16-36)35-12-5-2-6-13-35/h3-4,7-8,17-18,20,22,26,37,39H,2,5-6,9-16,19H2,1H3/t22-,26+/m0/s1. The Hall–Kier alpha value is -3.11. The van der Waals surface area contributed by atoms with E-state index in [1.165, 1.54) is 31.4 Å². The zero-order chi connectivity index (χ0) is 29.4. The molecule has 42 heavy (non-hydrogen) atoms. The average molecular weight is 596 g/mol. The topological polar surface area (TPSA) is 107 Å². The van der Waals surface area contributed by atoms with Crippen LogP contribution in [-0.2, 0) is 0 Å². The summed E-state index contributed by atoms with van der Waals surface area (Å²) in [5.74, 6) is -0.505. The molecule has 1 amide bonds. The summed E-state index contributed by atoms with van der Waals surface area (Å²) in [7, 11) is 1.92. The fraction of sp³-hybridized carbons (Fsp3) is 0.500. The molecule has 0 aliphatic carbocycles. The van der Waals surface area contributed by atoms with Crippen molar-refractivity contribution in [3.05, 3.63) is 57.2 Å². The number of β-amino-alcohol motifs (C(OH)–C–C–N with tert-alkyl or cyclic N) is 1. The van der Waals surface area contributed by atoms with Gasteiger partial charge in [-0.15, -0.1) is 0 Å². The van der Waals surface area contributed by atoms with Gasteiger partial charge in [0.25, 0.3) is 0 Å². The maximum atomic E-state index is 13.7. The van der Waals surface area contributed by atoms with Gasteiger partial charge in [-0.25, -0.2) is 4.79 Å². The Morgan fingerprint density at radius 2 is 1.76 bits per heavy atom. The van der Waals surface area contributed by atoms with Crippen molar-refractivity contribution in [2.45, 2.75) is 56.6 Å². The molecule has 1 aromatic heterocycles. The summed E-state index contributed by atoms with van der Waals surface area (Å²) < 4.78 is 12.1. The Kier molecular flexibility index (Phi) is 8.45. The number of hydrogen-bond acceptors (Lipinski definition) is 8. The molecule has 2 N–H and O–H groups in total. The predicted molar refractivity (Wildman–Crippen MR) is 161 cm³/mol. The summed E-state index contributed by atoms with van der Waals surface area (Å²) in [6, 6.07) is 10.1. The summed E-state index contributed by atoms with van der Waals surface area (Å²) in [5.41, 5.74) is 0.518. The lowest BCUT2D eigenvalue weighted by atomic mass is 9.85. The maximum Gasteiger partial charge on any atom is 0.415 e. The van der Waals surface area contributed by atoms with Crippen molar-refractivity contribution in [3.8, 4) is 22.8 Å². The number of hydrogen-bond donors (Lipinski definition) is 2. The largest absolute Gasteiger partial charge is 0.507 e. The number of phenolic OH excluding ortho intramolecular Hbond substituents is 1. The van der Waals surface area contributed by atoms with Crippen molar-refractivity contribution < 1.29 is 24.2 Å². The monoisotopic (exact) mass is 595 g/mol. The molecule has 3 fully saturated rings. The van der Waals surface area contributed by atoms with E-state index in [0.717, 1.165) is 25.9 Å². The van der Waals surface area contributed by atoms with Gasteiger partial charge in [-0.05, 0) is 70.9 Å². The summed E-state index contributed by atoms with van der Waals surface area (Å²) in [6.07, 6.45) is 4.68. The highest BCUT2D eigenvalue weighted by Crippen LogP contribution is 2.43. The van der Waals surface area contributed by atoms with Crippen molar-refractivity contribution in [1.29, 1.82) is 0 Å². The van der Waals surface area contributed by atoms with E-state index in [1.54, 1.807) is 29.2 Å². The van der Waals surface area contributed by atoms with Crippen LogP contribution >= 0.6 is 11.6 Å². The molecular formula is C32H38ClN3O6. The highest BCUT2D eigenvalue weighted by Gasteiger charge is 2.34. The number of carbonyl (C=O) groups is 1. The third kappa shape index (κ3) is 5.75. The molecule has 2 aromatic carbocycles. The summed E-state index contributed by atoms with van der Waals surface area (Å²) in [6.45, 7) is 4.46. The SMILES string of the molecule is CN1CC[C@H](c2c(O)cc(OC(=O)N3CCC(N4CCCCC4)CC3)c3c(=O)cc(-c4ccccc4Cl)oc23)[C@H](O)C1. The van der Waals surface area contributed by atoms with Crippen LogP contribution in [0.25, 0.3) is 22.3 Å². The first kappa shape index (κ1) is 29.0. The van der Waals surface area contributed by atoms with Crippen LogP contribution < -0.4 is 10.2 Å². The molecule has 0 spiro atoms. The van der Waals surface area contributed by atoms with Gasteiger partial charge in [-0.1, -0.05) is 30.2 Å². The lowest BCUT2D eigenvalue weighted by Gasteiger charge is -2.39. The Morgan fingerprint density at radius 3 is 2.48 bits per heavy atom. The zero-order valence-corrected chi connectivity index (χ0v) is 24.7. The molecule has 4 heterocycles. The van der Waals surface area contributed by atoms with E-state index in [2.05, 4.69) is 4.90 Å². The first-order valence-electron chi connectivity index (χ1n) is 15.0. The number of aliphatic hydroxyl groups is 1. The molecule has 3 aromatic rings. The number of aromatic hydroxyl groups is 1. The number of likely N-dealkylation sites (tertiary alicyclic amines) is 3. The van der Waals surface area contributed by atoms with Crippen molar-refractivity contribution in [2.24, 2.45) is 0 Å². The van der Waals surface area contributed by atoms with E-state index < -0.39 is 23.5 Å². The van der Waals surface area contributed by atoms with E-state index in [-0.39, 0.29) is 28.2 Å². The van der Waals surface area contributed by atoms with E-state index in [0.29, 0.717) is 54.8 Å². The van der Waals surface area contributed by atoms with Gasteiger partial charge < -0.3 is 34.1 Å². The molecule has 2 atom stereocenters. The van der Waals surface area contributed by atoms with Gasteiger partial charge in [-0.3, -0.25) is 4.79 Å². The van der Waals surface area contributed by atoms with Crippen LogP contribution in [-0.4, -0.2) is 89.5 Å². The van der Waals surface area contributed by atoms with Crippen molar-refractivity contribution in [3.63, 3.8) is 0 Å². The van der Waals surface area contributed by atoms with Crippen LogP contribution in [0.1, 0.15) is 50.0 Å². The van der Waals surface area contributed by atoms with E-state index in [1.807, 2.05) is 11.9 Å². The lowest BCUT2D eigenvalue weighted by molar-refractivity contribution is 0.0630. The minimum absolute atomic E-state index is 0.0567. The second kappa shape index (κ2) is 12.2. The van der Waals surface area contributed by atoms with Crippen molar-refractivity contribution in [2.75, 3.05) is 46.3 Å². The van der Waals surface area contributed by atoms with E-state index >= 15 is 0 Å². The minimum atomic E-state index is -0.790. The van der Waals surface area contributed by atoms with Crippen molar-refractivity contribution in [1.82, 2.24) is 14.7 Å². The number of carbonyl (C=O) groups excluding carboxylic acids is 1. The third-order valence-electron chi connectivity index (χ3n) is 9.10. The normalized spacial score (nSPS) is 22.9. The minimum Gasteiger partial charge on any atom is -0.507 e. The molecule has 3 saturated heterocycles. The van der Waals surface area contributed by atoms with Crippen LogP contribution in [0.3, 0.4) is 0 Å². The summed E-state index contributed by atoms with van der Waals surface area (Å²) in [4.78, 5) is 33.2. The van der Waals surface area contributed by atoms with Gasteiger partial charge in [0.2, 0.25) is 0 Å². The number of rotatable bonds is 4. The fourth-order valence-electron chi connectivity index (χ4n) is 6.82. The number of nitrogens with zero attached hydrogens (tertiary/aromatic N) is 3. The second-order valence-electron chi connectivity index (χ2n) is 11.9. The van der Waals surface area contributed by atoms with Crippen LogP contribution in [0.4, 0.5) is 4.79 Å². The van der Waals surface area contributed by atoms with Crippen LogP contribution in [0.5, 0.6) is 11.5 Å². The molecule has 0 unspecified atom stereocenters. The van der Waals surface area contributed by atoms with Gasteiger partial charge in [0, 0.05) is 54.9 Å². The first-order chi connectivity index (χ1) is 20.3. The molecular weight excluding hydrogens is 558 g/mol. The Labute approximate surface area is 250 Å². The molecule has 6 rings (SSSR count). The molecule has 224 valence electrons. The van der Waals surface area contributed by atoms with Gasteiger partial charge in [0.1, 0.15) is 22.5 Å². The third-order valence-corrected chi connectivity index (χ3v) is 9.43. The van der Waals surface area contributed by atoms with Gasteiger partial charge in [0.05, 0.1) is 11.1 Å². The molecule has 0 bridgehead atoms. The first-order valence-corrected chi connectivity index (χ1v) is 15.3. The van der Waals surface area contributed by atoms with Gasteiger partial charge in [0.15, 0.2) is 11.2 Å². The number of benzene rings is 2. The second-order valence-corrected chi connectivity index (χ2v) is 12.3. The number of phenols is 1. The molecule has 3 aliphatic heterocycles. The number of ether oxygens (including phenoxy) is 1. The predicted octanol–water partition coefficient (Wildman–Crippen LogP) is 5.05. The molecule has 9 nitrogen and oxygen atoms in total. The number of halogens is 1. The number of amides is 1. The number of piperidine rings is 3. The Morgan fingerprint density at radius 1 is 1.02 bits per heavy atom. The number of fused-ring (bicyclic) bond motifs is 1. The maximum absolute atomic E-state index is 13.7. The summed E-state index contributed by atoms with van der Waals surface area (Å²) >= 11 is 6.43. The summed E-state index contributed by atoms with van der Waals surface area (Å²) in [5, 5.41) is 22.8. The highest BCUT2D eigenvalue weighted by molar-refractivity contribution is 6.33. The van der Waals surface area contributed by atoms with E-state index in [9.17, 15) is 19.8 Å². The number of aliphatic hydroxyl groups excluding tert-OH is 1. The zero-order valence-electron chi connectivity index (χ0n) is 23.9. The van der Waals surface area contributed by atoms with Gasteiger partial charge in [-0.2, -0.15) is 0 Å². The highest BCUT2D eigenvalue weighted by atomic mass is 35.5. The van der Waals surface area contributed by atoms with Crippen molar-refractivity contribution >= 4 is 28.7 Å². The van der Waals surface area contributed by atoms with Crippen LogP contribution in [0.2, 0.25) is 5.02 Å². The Bertz CT molecular complexity index is 1510. The lowest BCUT2D eigenvalue weighted by Crippen LogP contribution is -2.48. The molecule has 10 heteroatoms. The molecule has 3 aliphatic rings. The van der Waals surface area contributed by atoms with Crippen LogP contribution in [0, 0.1) is 0 Å². The quantitative estimate of drug-likeness (QED) is 0.432. The smallest absolute Gasteiger partial charge is 0.415 e. The van der Waals surface area contributed by atoms with E-state index in [4.69, 9.17) is 20.8 Å². The molecule has 0 saturated carbocycles. The van der Waals surface area contributed by atoms with Crippen LogP contribution in [0.15, 0.2) is 45.6 Å².